The Kier molecular flexibility index (Phi) is 5.11. The molecule has 1 N–H and O–H groups in total. The van der Waals surface area contributed by atoms with Gasteiger partial charge in [-0.2, -0.15) is 5.10 Å². The molecule has 7 heteroatoms. The van der Waals surface area contributed by atoms with Gasteiger partial charge < -0.3 is 9.84 Å². The molecule has 2 aliphatic rings. The average molecular weight is 425 g/mol. The largest absolute Gasteiger partial charge is 0.360 e. The van der Waals surface area contributed by atoms with Crippen LogP contribution in [0, 0.1) is 5.92 Å². The minimum atomic E-state index is -0.141. The topological polar surface area (TPSA) is 73.0 Å². The normalized spacial score (nSPS) is 20.5. The highest BCUT2D eigenvalue weighted by molar-refractivity contribution is 6.30. The first-order valence-corrected chi connectivity index (χ1v) is 11.0. The number of hydrogen-bond donors (Lipinski definition) is 1. The maximum absolute atomic E-state index is 13.0. The van der Waals surface area contributed by atoms with E-state index in [9.17, 15) is 4.79 Å². The second-order valence-electron chi connectivity index (χ2n) is 8.53. The fourth-order valence-electron chi connectivity index (χ4n) is 4.65. The Morgan fingerprint density at radius 1 is 1.27 bits per heavy atom. The third-order valence-corrected chi connectivity index (χ3v) is 6.57. The average Bonchev–Trinajstić information content (AvgIpc) is 3.34. The van der Waals surface area contributed by atoms with Gasteiger partial charge in [0.2, 0.25) is 0 Å². The molecule has 0 bridgehead atoms. The summed E-state index contributed by atoms with van der Waals surface area (Å²) in [5, 5.41) is 12.6. The summed E-state index contributed by atoms with van der Waals surface area (Å²) < 4.78 is 7.50. The van der Waals surface area contributed by atoms with Crippen molar-refractivity contribution in [2.75, 3.05) is 0 Å². The van der Waals surface area contributed by atoms with Crippen LogP contribution in [-0.4, -0.2) is 20.8 Å². The Morgan fingerprint density at radius 3 is 2.93 bits per heavy atom. The van der Waals surface area contributed by atoms with Gasteiger partial charge in [-0.05, 0) is 55.7 Å². The number of nitrogens with one attached hydrogen (secondary N) is 1. The number of aryl methyl sites for hydroxylation is 1. The number of fused-ring (bicyclic) bond motifs is 2. The molecule has 1 aromatic carbocycles. The Labute approximate surface area is 180 Å². The number of halogens is 1. The molecule has 0 saturated heterocycles. The molecular weight excluding hydrogens is 400 g/mol. The summed E-state index contributed by atoms with van der Waals surface area (Å²) in [4.78, 5) is 13.0. The third-order valence-electron chi connectivity index (χ3n) is 6.32. The van der Waals surface area contributed by atoms with E-state index in [1.807, 2.05) is 35.1 Å². The molecule has 5 rings (SSSR count). The van der Waals surface area contributed by atoms with E-state index in [0.717, 1.165) is 66.0 Å². The van der Waals surface area contributed by atoms with Gasteiger partial charge in [-0.25, -0.2) is 0 Å². The molecule has 2 heterocycles. The molecule has 6 nitrogen and oxygen atoms in total. The van der Waals surface area contributed by atoms with Crippen LogP contribution in [0.4, 0.5) is 0 Å². The van der Waals surface area contributed by atoms with Crippen LogP contribution in [0.1, 0.15) is 70.9 Å². The summed E-state index contributed by atoms with van der Waals surface area (Å²) in [5.41, 5.74) is 4.89. The first-order chi connectivity index (χ1) is 14.6. The zero-order valence-corrected chi connectivity index (χ0v) is 17.8. The van der Waals surface area contributed by atoms with E-state index in [1.54, 1.807) is 0 Å². The lowest BCUT2D eigenvalue weighted by molar-refractivity contribution is 0.0922. The maximum Gasteiger partial charge on any atom is 0.274 e. The van der Waals surface area contributed by atoms with Crippen LogP contribution in [0.15, 0.2) is 35.0 Å². The molecule has 0 aliphatic heterocycles. The zero-order valence-electron chi connectivity index (χ0n) is 17.0. The van der Waals surface area contributed by atoms with Crippen molar-refractivity contribution in [3.05, 3.63) is 69.3 Å². The van der Waals surface area contributed by atoms with Gasteiger partial charge in [-0.3, -0.25) is 9.48 Å². The summed E-state index contributed by atoms with van der Waals surface area (Å²) in [6.07, 6.45) is 7.59. The molecule has 30 heavy (non-hydrogen) atoms. The van der Waals surface area contributed by atoms with E-state index in [2.05, 4.69) is 22.5 Å². The van der Waals surface area contributed by atoms with Gasteiger partial charge in [0, 0.05) is 28.3 Å². The first-order valence-electron chi connectivity index (χ1n) is 10.7. The van der Waals surface area contributed by atoms with E-state index in [1.165, 1.54) is 5.69 Å². The quantitative estimate of drug-likeness (QED) is 0.669. The molecule has 2 atom stereocenters. The summed E-state index contributed by atoms with van der Waals surface area (Å²) in [5.74, 6) is 1.28. The monoisotopic (exact) mass is 424 g/mol. The number of carbonyl (C=O) groups is 1. The highest BCUT2D eigenvalue weighted by atomic mass is 35.5. The van der Waals surface area contributed by atoms with Crippen LogP contribution in [0.2, 0.25) is 5.02 Å². The maximum atomic E-state index is 13.0. The second-order valence-corrected chi connectivity index (χ2v) is 8.97. The van der Waals surface area contributed by atoms with E-state index in [4.69, 9.17) is 16.1 Å². The lowest BCUT2D eigenvalue weighted by atomic mass is 9.88. The number of carbonyl (C=O) groups excluding carboxylic acids is 1. The van der Waals surface area contributed by atoms with Crippen molar-refractivity contribution in [2.24, 2.45) is 5.92 Å². The molecule has 2 aliphatic carbocycles. The zero-order chi connectivity index (χ0) is 20.7. The minimum Gasteiger partial charge on any atom is -0.360 e. The number of nitrogens with zero attached hydrogens (tertiary/aromatic N) is 3. The number of benzene rings is 1. The van der Waals surface area contributed by atoms with Crippen molar-refractivity contribution >= 4 is 17.5 Å². The van der Waals surface area contributed by atoms with Crippen molar-refractivity contribution < 1.29 is 9.32 Å². The van der Waals surface area contributed by atoms with E-state index < -0.39 is 0 Å². The van der Waals surface area contributed by atoms with Gasteiger partial charge in [-0.1, -0.05) is 35.8 Å². The van der Waals surface area contributed by atoms with Gasteiger partial charge in [0.05, 0.1) is 18.8 Å². The third kappa shape index (κ3) is 3.65. The molecule has 0 saturated carbocycles. The smallest absolute Gasteiger partial charge is 0.274 e. The van der Waals surface area contributed by atoms with Crippen molar-refractivity contribution in [1.29, 1.82) is 0 Å². The molecular formula is C23H25ClN4O2. The second kappa shape index (κ2) is 7.91. The minimum absolute atomic E-state index is 0.0476. The van der Waals surface area contributed by atoms with E-state index in [-0.39, 0.29) is 11.9 Å². The summed E-state index contributed by atoms with van der Waals surface area (Å²) >= 11 is 6.00. The Morgan fingerprint density at radius 2 is 2.10 bits per heavy atom. The number of amides is 1. The lowest BCUT2D eigenvalue weighted by Gasteiger charge is -2.24. The summed E-state index contributed by atoms with van der Waals surface area (Å²) in [6.45, 7) is 2.90. The molecule has 0 spiro atoms. The van der Waals surface area contributed by atoms with Crippen LogP contribution >= 0.6 is 11.6 Å². The molecule has 0 unspecified atom stereocenters. The molecule has 156 valence electrons. The Hall–Kier alpha value is -2.60. The van der Waals surface area contributed by atoms with Crippen molar-refractivity contribution in [3.8, 4) is 0 Å². The predicted octanol–water partition coefficient (Wildman–Crippen LogP) is 4.51. The summed E-state index contributed by atoms with van der Waals surface area (Å²) in [7, 11) is 0. The number of aromatic nitrogens is 3. The van der Waals surface area contributed by atoms with Gasteiger partial charge in [0.1, 0.15) is 5.76 Å². The molecule has 1 amide bonds. The van der Waals surface area contributed by atoms with Crippen molar-refractivity contribution in [3.63, 3.8) is 0 Å². The van der Waals surface area contributed by atoms with E-state index >= 15 is 0 Å². The predicted molar refractivity (Wildman–Crippen MR) is 114 cm³/mol. The van der Waals surface area contributed by atoms with Crippen LogP contribution < -0.4 is 5.32 Å². The molecule has 0 fully saturated rings. The van der Waals surface area contributed by atoms with Gasteiger partial charge in [0.25, 0.3) is 5.91 Å². The van der Waals surface area contributed by atoms with Gasteiger partial charge in [-0.15, -0.1) is 0 Å². The van der Waals surface area contributed by atoms with Gasteiger partial charge in [0.15, 0.2) is 5.69 Å². The highest BCUT2D eigenvalue weighted by Crippen LogP contribution is 2.32. The highest BCUT2D eigenvalue weighted by Gasteiger charge is 2.30. The van der Waals surface area contributed by atoms with E-state index in [0.29, 0.717) is 18.2 Å². The van der Waals surface area contributed by atoms with Crippen LogP contribution in [-0.2, 0) is 25.8 Å². The molecule has 0 radical (unpaired) electrons. The Balaban J connectivity index is 1.34. The SMILES string of the molecule is C[C@@H]1CCc2onc(C(=O)N[C@@H]3CCCc4c3cnn4Cc3ccc(Cl)cc3)c2C1. The fraction of sp³-hybridized carbons (Fsp3) is 0.435. The summed E-state index contributed by atoms with van der Waals surface area (Å²) in [6, 6.07) is 7.79. The molecule has 2 aromatic heterocycles. The molecule has 3 aromatic rings. The van der Waals surface area contributed by atoms with Crippen molar-refractivity contribution in [1.82, 2.24) is 20.3 Å². The number of rotatable bonds is 4. The first kappa shape index (κ1) is 19.4. The standard InChI is InChI=1S/C23H25ClN4O2/c1-14-5-10-21-17(11-14)22(27-30-21)23(29)26-19-3-2-4-20-18(19)12-25-28(20)13-15-6-8-16(24)9-7-15/h6-9,12,14,19H,2-5,10-11,13H2,1H3,(H,26,29)/t14-,19-/m1/s1. The lowest BCUT2D eigenvalue weighted by Crippen LogP contribution is -2.32. The fourth-order valence-corrected chi connectivity index (χ4v) is 4.78. The van der Waals surface area contributed by atoms with Crippen LogP contribution in [0.5, 0.6) is 0 Å². The van der Waals surface area contributed by atoms with Crippen LogP contribution in [0.25, 0.3) is 0 Å². The van der Waals surface area contributed by atoms with Crippen molar-refractivity contribution in [2.45, 2.75) is 58.0 Å². The van der Waals surface area contributed by atoms with Gasteiger partial charge >= 0.3 is 0 Å². The Bertz CT molecular complexity index is 1070. The number of hydrogen-bond acceptors (Lipinski definition) is 4. The van der Waals surface area contributed by atoms with Crippen LogP contribution in [0.3, 0.4) is 0 Å².